The Labute approximate surface area is 179 Å². The number of nitrogens with zero attached hydrogens (tertiary/aromatic N) is 3. The number of halogens is 3. The number of aromatic nitrogens is 2. The molecule has 0 spiro atoms. The minimum absolute atomic E-state index is 0.0267. The van der Waals surface area contributed by atoms with Crippen molar-refractivity contribution in [3.8, 4) is 10.7 Å². The van der Waals surface area contributed by atoms with E-state index in [1.54, 1.807) is 0 Å². The zero-order valence-electron chi connectivity index (χ0n) is 16.5. The van der Waals surface area contributed by atoms with Gasteiger partial charge in [0.2, 0.25) is 23.5 Å². The topological polar surface area (TPSA) is 88.3 Å². The highest BCUT2D eigenvalue weighted by Gasteiger charge is 2.20. The third kappa shape index (κ3) is 5.69. The maximum atomic E-state index is 13.7. The van der Waals surface area contributed by atoms with E-state index in [0.29, 0.717) is 24.2 Å². The Morgan fingerprint density at radius 1 is 1.19 bits per heavy atom. The highest BCUT2D eigenvalue weighted by molar-refractivity contribution is 7.13. The number of hydrogen-bond acceptors (Lipinski definition) is 6. The van der Waals surface area contributed by atoms with Crippen LogP contribution in [0.1, 0.15) is 25.7 Å². The molecule has 3 rings (SSSR count). The molecule has 2 heterocycles. The molecule has 0 aliphatic heterocycles. The van der Waals surface area contributed by atoms with Gasteiger partial charge in [-0.2, -0.15) is 4.98 Å². The lowest BCUT2D eigenvalue weighted by Gasteiger charge is -2.21. The van der Waals surface area contributed by atoms with Crippen molar-refractivity contribution in [2.24, 2.45) is 0 Å². The summed E-state index contributed by atoms with van der Waals surface area (Å²) in [6.07, 6.45) is 0.803. The maximum absolute atomic E-state index is 13.7. The van der Waals surface area contributed by atoms with Crippen molar-refractivity contribution >= 4 is 28.8 Å². The summed E-state index contributed by atoms with van der Waals surface area (Å²) >= 11 is 1.46. The number of aryl methyl sites for hydroxylation is 1. The van der Waals surface area contributed by atoms with Crippen molar-refractivity contribution in [2.75, 3.05) is 18.4 Å². The Kier molecular flexibility index (Phi) is 7.40. The van der Waals surface area contributed by atoms with Gasteiger partial charge in [-0.05, 0) is 30.0 Å². The van der Waals surface area contributed by atoms with E-state index in [2.05, 4.69) is 15.5 Å². The molecule has 11 heteroatoms. The minimum atomic E-state index is -1.68. The van der Waals surface area contributed by atoms with E-state index >= 15 is 0 Å². The summed E-state index contributed by atoms with van der Waals surface area (Å²) in [5.41, 5.74) is -0.500. The lowest BCUT2D eigenvalue weighted by molar-refractivity contribution is -0.134. The van der Waals surface area contributed by atoms with Crippen LogP contribution in [-0.2, 0) is 16.0 Å². The van der Waals surface area contributed by atoms with Crippen LogP contribution in [0.4, 0.5) is 18.9 Å². The Bertz CT molecular complexity index is 1060. The molecule has 1 N–H and O–H groups in total. The molecule has 0 saturated heterocycles. The van der Waals surface area contributed by atoms with Crippen LogP contribution >= 0.6 is 11.3 Å². The van der Waals surface area contributed by atoms with Gasteiger partial charge < -0.3 is 14.7 Å². The molecule has 0 aliphatic rings. The second kappa shape index (κ2) is 10.2. The van der Waals surface area contributed by atoms with Gasteiger partial charge in [-0.25, -0.2) is 13.2 Å². The molecule has 0 fully saturated rings. The summed E-state index contributed by atoms with van der Waals surface area (Å²) in [5, 5.41) is 7.92. The van der Waals surface area contributed by atoms with E-state index in [1.165, 1.54) is 16.2 Å². The number of hydrogen-bond donors (Lipinski definition) is 1. The first-order valence-electron chi connectivity index (χ1n) is 9.46. The van der Waals surface area contributed by atoms with Gasteiger partial charge in [-0.1, -0.05) is 18.1 Å². The van der Waals surface area contributed by atoms with Crippen molar-refractivity contribution in [2.45, 2.75) is 26.2 Å². The SMILES string of the molecule is CCCN(CC(=O)Nc1ccc(F)c(F)c1F)C(=O)CCc1nc(-c2cccs2)no1. The van der Waals surface area contributed by atoms with Gasteiger partial charge in [0.15, 0.2) is 17.5 Å². The van der Waals surface area contributed by atoms with Gasteiger partial charge in [0.1, 0.15) is 0 Å². The van der Waals surface area contributed by atoms with Gasteiger partial charge in [-0.15, -0.1) is 11.3 Å². The van der Waals surface area contributed by atoms with Crippen molar-refractivity contribution in [1.82, 2.24) is 15.0 Å². The van der Waals surface area contributed by atoms with Crippen LogP contribution in [0.25, 0.3) is 10.7 Å². The lowest BCUT2D eigenvalue weighted by Crippen LogP contribution is -2.38. The molecule has 0 bridgehead atoms. The Hall–Kier alpha value is -3.21. The highest BCUT2D eigenvalue weighted by atomic mass is 32.1. The van der Waals surface area contributed by atoms with Gasteiger partial charge in [-0.3, -0.25) is 9.59 Å². The molecule has 7 nitrogen and oxygen atoms in total. The first-order valence-corrected chi connectivity index (χ1v) is 10.3. The maximum Gasteiger partial charge on any atom is 0.244 e. The van der Waals surface area contributed by atoms with Crippen LogP contribution in [0.2, 0.25) is 0 Å². The molecule has 2 aromatic heterocycles. The van der Waals surface area contributed by atoms with Crippen molar-refractivity contribution in [3.63, 3.8) is 0 Å². The summed E-state index contributed by atoms with van der Waals surface area (Å²) in [6.45, 7) is 1.75. The zero-order chi connectivity index (χ0) is 22.4. The van der Waals surface area contributed by atoms with Crippen LogP contribution in [0.5, 0.6) is 0 Å². The minimum Gasteiger partial charge on any atom is -0.339 e. The first-order chi connectivity index (χ1) is 14.9. The molecule has 0 unspecified atom stereocenters. The molecular weight excluding hydrogens is 433 g/mol. The quantitative estimate of drug-likeness (QED) is 0.496. The largest absolute Gasteiger partial charge is 0.339 e. The van der Waals surface area contributed by atoms with Crippen LogP contribution in [0, 0.1) is 17.5 Å². The first kappa shape index (κ1) is 22.5. The van der Waals surface area contributed by atoms with E-state index < -0.39 is 29.0 Å². The van der Waals surface area contributed by atoms with Crippen LogP contribution in [0.15, 0.2) is 34.2 Å². The average Bonchev–Trinajstić information content (AvgIpc) is 3.44. The van der Waals surface area contributed by atoms with Gasteiger partial charge >= 0.3 is 0 Å². The van der Waals surface area contributed by atoms with Crippen LogP contribution < -0.4 is 5.32 Å². The number of anilines is 1. The standard InChI is InChI=1S/C20H19F3N4O3S/c1-2-9-27(11-15(28)24-13-6-5-12(21)18(22)19(13)23)17(29)8-7-16-25-20(26-30-16)14-4-3-10-31-14/h3-6,10H,2,7-9,11H2,1H3,(H,24,28). The molecule has 0 aliphatic carbocycles. The predicted molar refractivity (Wildman–Crippen MR) is 108 cm³/mol. The number of carbonyl (C=O) groups excluding carboxylic acids is 2. The molecule has 164 valence electrons. The number of nitrogens with one attached hydrogen (secondary N) is 1. The predicted octanol–water partition coefficient (Wildman–Crippen LogP) is 4.03. The Morgan fingerprint density at radius 2 is 2.00 bits per heavy atom. The fourth-order valence-electron chi connectivity index (χ4n) is 2.78. The molecule has 0 saturated carbocycles. The number of carbonyl (C=O) groups is 2. The molecular formula is C20H19F3N4O3S. The second-order valence-corrected chi connectivity index (χ2v) is 7.52. The van der Waals surface area contributed by atoms with Gasteiger partial charge in [0.25, 0.3) is 0 Å². The number of thiophene rings is 1. The summed E-state index contributed by atoms with van der Waals surface area (Å²) in [6, 6.07) is 5.33. The van der Waals surface area contributed by atoms with Crippen molar-refractivity contribution < 1.29 is 27.3 Å². The fourth-order valence-corrected chi connectivity index (χ4v) is 3.43. The molecule has 2 amide bonds. The smallest absolute Gasteiger partial charge is 0.244 e. The van der Waals surface area contributed by atoms with E-state index in [-0.39, 0.29) is 31.8 Å². The van der Waals surface area contributed by atoms with Gasteiger partial charge in [0, 0.05) is 19.4 Å². The van der Waals surface area contributed by atoms with E-state index in [0.717, 1.165) is 10.9 Å². The second-order valence-electron chi connectivity index (χ2n) is 6.58. The molecule has 31 heavy (non-hydrogen) atoms. The molecule has 0 atom stereocenters. The number of rotatable bonds is 9. The van der Waals surface area contributed by atoms with Crippen molar-refractivity contribution in [1.29, 1.82) is 0 Å². The Morgan fingerprint density at radius 3 is 2.71 bits per heavy atom. The zero-order valence-corrected chi connectivity index (χ0v) is 17.3. The third-order valence-corrected chi connectivity index (χ3v) is 5.12. The average molecular weight is 452 g/mol. The monoisotopic (exact) mass is 452 g/mol. The fraction of sp³-hybridized carbons (Fsp3) is 0.300. The highest BCUT2D eigenvalue weighted by Crippen LogP contribution is 2.22. The van der Waals surface area contributed by atoms with Crippen LogP contribution in [-0.4, -0.2) is 39.9 Å². The molecule has 0 radical (unpaired) electrons. The molecule has 1 aromatic carbocycles. The summed E-state index contributed by atoms with van der Waals surface area (Å²) in [7, 11) is 0. The summed E-state index contributed by atoms with van der Waals surface area (Å²) in [4.78, 5) is 31.2. The summed E-state index contributed by atoms with van der Waals surface area (Å²) < 4.78 is 45.3. The van der Waals surface area contributed by atoms with Gasteiger partial charge in [0.05, 0.1) is 17.1 Å². The summed E-state index contributed by atoms with van der Waals surface area (Å²) in [5.74, 6) is -4.87. The third-order valence-electron chi connectivity index (χ3n) is 4.25. The van der Waals surface area contributed by atoms with E-state index in [4.69, 9.17) is 4.52 Å². The number of amides is 2. The normalized spacial score (nSPS) is 10.8. The van der Waals surface area contributed by atoms with E-state index in [1.807, 2.05) is 24.4 Å². The number of benzene rings is 1. The lowest BCUT2D eigenvalue weighted by atomic mass is 10.2. The van der Waals surface area contributed by atoms with E-state index in [9.17, 15) is 22.8 Å². The molecule has 3 aromatic rings. The Balaban J connectivity index is 1.57. The van der Waals surface area contributed by atoms with Crippen molar-refractivity contribution in [3.05, 3.63) is 53.0 Å². The van der Waals surface area contributed by atoms with Crippen LogP contribution in [0.3, 0.4) is 0 Å².